The molecule has 3 rings (SSSR count). The minimum atomic E-state index is -1.83. The van der Waals surface area contributed by atoms with Crippen LogP contribution in [0.2, 0.25) is 0 Å². The average Bonchev–Trinajstić information content (AvgIpc) is 2.47. The van der Waals surface area contributed by atoms with Crippen molar-refractivity contribution in [1.29, 1.82) is 0 Å². The topological polar surface area (TPSA) is 72.2 Å². The van der Waals surface area contributed by atoms with Gasteiger partial charge in [-0.05, 0) is 23.8 Å². The van der Waals surface area contributed by atoms with Gasteiger partial charge in [0.2, 0.25) is 0 Å². The van der Waals surface area contributed by atoms with Crippen LogP contribution in [0.15, 0.2) is 48.5 Å². The first kappa shape index (κ1) is 12.5. The van der Waals surface area contributed by atoms with Crippen molar-refractivity contribution < 1.29 is 14.0 Å². The summed E-state index contributed by atoms with van der Waals surface area (Å²) in [6.07, 6.45) is 0. The normalized spacial score (nSPS) is 21.3. The number of hydrogen-bond acceptors (Lipinski definition) is 3. The van der Waals surface area contributed by atoms with Gasteiger partial charge >= 0.3 is 0 Å². The second-order valence-electron chi connectivity index (χ2n) is 4.65. The van der Waals surface area contributed by atoms with Crippen LogP contribution in [-0.4, -0.2) is 11.7 Å². The Labute approximate surface area is 114 Å². The van der Waals surface area contributed by atoms with Crippen molar-refractivity contribution in [3.05, 3.63) is 65.5 Å². The van der Waals surface area contributed by atoms with Crippen molar-refractivity contribution in [1.82, 2.24) is 0 Å². The van der Waals surface area contributed by atoms with Gasteiger partial charge in [0.1, 0.15) is 5.82 Å². The standard InChI is InChI=1S/C15H11FN2O2/c16-10-6-7-12-11(8-10)13(19)15(17,14(20)18-12)9-4-2-1-3-5-9/h1-8H,17H2,(H,18,20). The molecular weight excluding hydrogens is 259 g/mol. The van der Waals surface area contributed by atoms with Crippen molar-refractivity contribution in [2.45, 2.75) is 5.54 Å². The van der Waals surface area contributed by atoms with Crippen LogP contribution in [0.3, 0.4) is 0 Å². The van der Waals surface area contributed by atoms with Crippen LogP contribution in [0.4, 0.5) is 10.1 Å². The number of rotatable bonds is 1. The van der Waals surface area contributed by atoms with E-state index < -0.39 is 23.0 Å². The molecule has 0 saturated carbocycles. The lowest BCUT2D eigenvalue weighted by molar-refractivity contribution is -0.120. The number of ketones is 1. The maximum absolute atomic E-state index is 13.3. The first-order chi connectivity index (χ1) is 9.53. The minimum absolute atomic E-state index is 0.0796. The highest BCUT2D eigenvalue weighted by Gasteiger charge is 2.48. The first-order valence-electron chi connectivity index (χ1n) is 6.03. The molecule has 0 fully saturated rings. The van der Waals surface area contributed by atoms with E-state index in [9.17, 15) is 14.0 Å². The van der Waals surface area contributed by atoms with E-state index >= 15 is 0 Å². The van der Waals surface area contributed by atoms with E-state index in [-0.39, 0.29) is 11.3 Å². The fourth-order valence-electron chi connectivity index (χ4n) is 2.31. The van der Waals surface area contributed by atoms with Crippen molar-refractivity contribution in [2.75, 3.05) is 5.32 Å². The van der Waals surface area contributed by atoms with Crippen LogP contribution in [0.5, 0.6) is 0 Å². The zero-order valence-corrected chi connectivity index (χ0v) is 10.4. The van der Waals surface area contributed by atoms with Gasteiger partial charge in [0.05, 0.1) is 5.69 Å². The molecule has 0 spiro atoms. The van der Waals surface area contributed by atoms with E-state index in [0.717, 1.165) is 6.07 Å². The molecule has 0 aromatic heterocycles. The Bertz CT molecular complexity index is 715. The maximum Gasteiger partial charge on any atom is 0.257 e. The van der Waals surface area contributed by atoms with E-state index in [1.165, 1.54) is 12.1 Å². The third-order valence-corrected chi connectivity index (χ3v) is 3.42. The fraction of sp³-hybridized carbons (Fsp3) is 0.0667. The van der Waals surface area contributed by atoms with Crippen molar-refractivity contribution in [3.63, 3.8) is 0 Å². The lowest BCUT2D eigenvalue weighted by Gasteiger charge is -2.32. The Morgan fingerprint density at radius 2 is 1.75 bits per heavy atom. The lowest BCUT2D eigenvalue weighted by Crippen LogP contribution is -2.57. The largest absolute Gasteiger partial charge is 0.323 e. The zero-order chi connectivity index (χ0) is 14.3. The summed E-state index contributed by atoms with van der Waals surface area (Å²) >= 11 is 0. The summed E-state index contributed by atoms with van der Waals surface area (Å²) in [5.74, 6) is -1.78. The van der Waals surface area contributed by atoms with Crippen LogP contribution >= 0.6 is 0 Å². The number of anilines is 1. The summed E-state index contributed by atoms with van der Waals surface area (Å²) in [7, 11) is 0. The highest BCUT2D eigenvalue weighted by Crippen LogP contribution is 2.33. The molecule has 1 atom stereocenters. The second-order valence-corrected chi connectivity index (χ2v) is 4.65. The molecule has 0 bridgehead atoms. The second kappa shape index (κ2) is 4.25. The Morgan fingerprint density at radius 3 is 2.45 bits per heavy atom. The first-order valence-corrected chi connectivity index (χ1v) is 6.03. The van der Waals surface area contributed by atoms with Crippen LogP contribution in [0, 0.1) is 5.82 Å². The number of hydrogen-bond donors (Lipinski definition) is 2. The van der Waals surface area contributed by atoms with Crippen molar-refractivity contribution >= 4 is 17.4 Å². The number of fused-ring (bicyclic) bond motifs is 1. The molecule has 20 heavy (non-hydrogen) atoms. The molecule has 1 heterocycles. The summed E-state index contributed by atoms with van der Waals surface area (Å²) < 4.78 is 13.3. The van der Waals surface area contributed by atoms with E-state index in [1.54, 1.807) is 30.3 Å². The third kappa shape index (κ3) is 1.64. The highest BCUT2D eigenvalue weighted by molar-refractivity contribution is 6.27. The van der Waals surface area contributed by atoms with Gasteiger partial charge in [-0.3, -0.25) is 9.59 Å². The zero-order valence-electron chi connectivity index (χ0n) is 10.4. The molecule has 1 aliphatic rings. The molecule has 1 amide bonds. The van der Waals surface area contributed by atoms with Gasteiger partial charge in [-0.15, -0.1) is 0 Å². The Hall–Kier alpha value is -2.53. The SMILES string of the molecule is NC1(c2ccccc2)C(=O)Nc2ccc(F)cc2C1=O. The monoisotopic (exact) mass is 270 g/mol. The van der Waals surface area contributed by atoms with Gasteiger partial charge in [0.15, 0.2) is 11.3 Å². The molecule has 5 heteroatoms. The van der Waals surface area contributed by atoms with E-state index in [2.05, 4.69) is 5.32 Å². The van der Waals surface area contributed by atoms with Gasteiger partial charge < -0.3 is 11.1 Å². The smallest absolute Gasteiger partial charge is 0.257 e. The number of halogens is 1. The maximum atomic E-state index is 13.3. The Balaban J connectivity index is 2.20. The average molecular weight is 270 g/mol. The van der Waals surface area contributed by atoms with Gasteiger partial charge in [0, 0.05) is 5.56 Å². The molecule has 1 unspecified atom stereocenters. The lowest BCUT2D eigenvalue weighted by atomic mass is 9.79. The number of Topliss-reactive ketones (excluding diaryl/α,β-unsaturated/α-hetero) is 1. The summed E-state index contributed by atoms with van der Waals surface area (Å²) in [6.45, 7) is 0. The number of carbonyl (C=O) groups excluding carboxylic acids is 2. The van der Waals surface area contributed by atoms with E-state index in [1.807, 2.05) is 0 Å². The predicted octanol–water partition coefficient (Wildman–Crippen LogP) is 1.81. The molecular formula is C15H11FN2O2. The van der Waals surface area contributed by atoms with Crippen LogP contribution in [-0.2, 0) is 10.3 Å². The predicted molar refractivity (Wildman–Crippen MR) is 71.7 cm³/mol. The highest BCUT2D eigenvalue weighted by atomic mass is 19.1. The van der Waals surface area contributed by atoms with Crippen LogP contribution < -0.4 is 11.1 Å². The molecule has 2 aromatic carbocycles. The van der Waals surface area contributed by atoms with E-state index in [0.29, 0.717) is 5.56 Å². The number of benzene rings is 2. The fourth-order valence-corrected chi connectivity index (χ4v) is 2.31. The van der Waals surface area contributed by atoms with E-state index in [4.69, 9.17) is 5.73 Å². The number of carbonyl (C=O) groups is 2. The molecule has 100 valence electrons. The Kier molecular flexibility index (Phi) is 2.65. The molecule has 3 N–H and O–H groups in total. The van der Waals surface area contributed by atoms with Crippen molar-refractivity contribution in [3.8, 4) is 0 Å². The van der Waals surface area contributed by atoms with Gasteiger partial charge in [0.25, 0.3) is 5.91 Å². The molecule has 1 aliphatic heterocycles. The molecule has 0 aliphatic carbocycles. The molecule has 4 nitrogen and oxygen atoms in total. The third-order valence-electron chi connectivity index (χ3n) is 3.42. The number of nitrogens with one attached hydrogen (secondary N) is 1. The van der Waals surface area contributed by atoms with Gasteiger partial charge in [-0.1, -0.05) is 30.3 Å². The van der Waals surface area contributed by atoms with Gasteiger partial charge in [-0.25, -0.2) is 4.39 Å². The Morgan fingerprint density at radius 1 is 1.05 bits per heavy atom. The van der Waals surface area contributed by atoms with Crippen LogP contribution in [0.1, 0.15) is 15.9 Å². The molecule has 0 saturated heterocycles. The van der Waals surface area contributed by atoms with Crippen LogP contribution in [0.25, 0.3) is 0 Å². The number of nitrogens with two attached hydrogens (primary N) is 1. The molecule has 0 radical (unpaired) electrons. The summed E-state index contributed by atoms with van der Waals surface area (Å²) in [5, 5.41) is 2.56. The summed E-state index contributed by atoms with van der Waals surface area (Å²) in [5.41, 5.74) is 4.95. The van der Waals surface area contributed by atoms with Gasteiger partial charge in [-0.2, -0.15) is 0 Å². The molecule has 2 aromatic rings. The summed E-state index contributed by atoms with van der Waals surface area (Å²) in [6, 6.07) is 11.9. The quantitative estimate of drug-likeness (QED) is 0.776. The minimum Gasteiger partial charge on any atom is -0.323 e. The summed E-state index contributed by atoms with van der Waals surface area (Å²) in [4.78, 5) is 24.8. The van der Waals surface area contributed by atoms with Crippen molar-refractivity contribution in [2.24, 2.45) is 5.73 Å². The number of amides is 1.